The van der Waals surface area contributed by atoms with Crippen LogP contribution in [0.2, 0.25) is 0 Å². The molecule has 37 heteroatoms. The van der Waals surface area contributed by atoms with Crippen molar-refractivity contribution in [2.75, 3.05) is 46.2 Å². The van der Waals surface area contributed by atoms with Crippen LogP contribution in [0.15, 0.2) is 29.4 Å². The molecule has 6 aliphatic rings. The van der Waals surface area contributed by atoms with Crippen LogP contribution in [0.4, 0.5) is 5.69 Å². The third-order valence-corrected chi connectivity index (χ3v) is 14.4. The van der Waals surface area contributed by atoms with E-state index in [4.69, 9.17) is 61.7 Å². The zero-order chi connectivity index (χ0) is 60.7. The number of aliphatic hydroxyl groups is 20. The van der Waals surface area contributed by atoms with Gasteiger partial charge in [0, 0.05) is 12.1 Å². The lowest BCUT2D eigenvalue weighted by Crippen LogP contribution is -2.67. The Bertz CT molecular complexity index is 2160. The minimum Gasteiger partial charge on any atom is -0.394 e. The van der Waals surface area contributed by atoms with E-state index in [2.05, 4.69) is 5.16 Å². The molecule has 0 aliphatic carbocycles. The molecule has 6 heterocycles. The highest BCUT2D eigenvalue weighted by Gasteiger charge is 2.56. The monoisotopic (exact) mass is 1210 g/mol. The standard InChI is InChI=1S/C46H72N2O35/c49-6-17(51)38(27(58)16(50)5-47-77-7-14-1-3-15(4-2-14)48(69)70)81-45-36(67)30(61)40(22(79-45)12-75-42-33(64)25(56)19(53)9-72-42)83-46-37(68)31(62)39(23(80-46)13-76-43-34(65)26(57)20(54)10-73-43)82-44-35(66)29(60)28(59)21(78-44)11-74-41-32(63)24(55)18(52)8-71-41/h1-5,16-46,49-68H,6-13H2/b47-5+/t16-,17+,18+,19+,20+,21+,22+,23+,24-,25-,26-,27+,28+,29-,30+,31+,32+,33+,34+,35+,36+,37+,38+,39+,40+,41+,42+,43+,44-,45-,46-/m0/s1. The highest BCUT2D eigenvalue weighted by Crippen LogP contribution is 2.35. The van der Waals surface area contributed by atoms with Crippen molar-refractivity contribution in [3.8, 4) is 0 Å². The maximum atomic E-state index is 11.8. The summed E-state index contributed by atoms with van der Waals surface area (Å²) in [7, 11) is 0. The Hall–Kier alpha value is -3.19. The van der Waals surface area contributed by atoms with Gasteiger partial charge >= 0.3 is 0 Å². The zero-order valence-electron chi connectivity index (χ0n) is 43.4. The van der Waals surface area contributed by atoms with Crippen molar-refractivity contribution >= 4 is 11.9 Å². The first kappa shape index (κ1) is 67.3. The first-order valence-electron chi connectivity index (χ1n) is 25.9. The number of aliphatic hydroxyl groups excluding tert-OH is 20. The van der Waals surface area contributed by atoms with Crippen molar-refractivity contribution in [1.82, 2.24) is 0 Å². The minimum atomic E-state index is -2.36. The van der Waals surface area contributed by atoms with Gasteiger partial charge in [0.2, 0.25) is 0 Å². The van der Waals surface area contributed by atoms with E-state index in [1.54, 1.807) is 0 Å². The highest BCUT2D eigenvalue weighted by molar-refractivity contribution is 5.63. The van der Waals surface area contributed by atoms with Crippen LogP contribution in [0.1, 0.15) is 5.56 Å². The number of hydrogen-bond donors (Lipinski definition) is 20. The predicted molar refractivity (Wildman–Crippen MR) is 255 cm³/mol. The van der Waals surface area contributed by atoms with Crippen LogP contribution < -0.4 is 0 Å². The molecular formula is C46H72N2O35. The first-order chi connectivity index (χ1) is 39.3. The van der Waals surface area contributed by atoms with E-state index < -0.39 is 242 Å². The third-order valence-electron chi connectivity index (χ3n) is 14.4. The lowest BCUT2D eigenvalue weighted by atomic mass is 9.95. The molecule has 1 aromatic rings. The van der Waals surface area contributed by atoms with Crippen LogP contribution in [0.5, 0.6) is 0 Å². The van der Waals surface area contributed by atoms with Crippen LogP contribution >= 0.6 is 0 Å². The van der Waals surface area contributed by atoms with Crippen molar-refractivity contribution < 1.29 is 169 Å². The summed E-state index contributed by atoms with van der Waals surface area (Å²) in [6.45, 7) is -5.73. The van der Waals surface area contributed by atoms with E-state index in [0.717, 1.165) is 0 Å². The van der Waals surface area contributed by atoms with Crippen molar-refractivity contribution in [3.05, 3.63) is 39.9 Å². The fraction of sp³-hybridized carbons (Fsp3) is 0.848. The summed E-state index contributed by atoms with van der Waals surface area (Å²) in [4.78, 5) is 15.4. The number of non-ortho nitro benzene ring substituents is 1. The molecule has 6 aliphatic heterocycles. The highest BCUT2D eigenvalue weighted by atomic mass is 16.8. The number of hydrogen-bond acceptors (Lipinski definition) is 36. The molecule has 0 unspecified atom stereocenters. The molecule has 83 heavy (non-hydrogen) atoms. The minimum absolute atomic E-state index is 0.210. The zero-order valence-corrected chi connectivity index (χ0v) is 43.4. The van der Waals surface area contributed by atoms with Crippen LogP contribution in [0.25, 0.3) is 0 Å². The maximum absolute atomic E-state index is 11.8. The maximum Gasteiger partial charge on any atom is 0.269 e. The molecule has 7 rings (SSSR count). The smallest absolute Gasteiger partial charge is 0.269 e. The second kappa shape index (κ2) is 30.1. The topological polar surface area (TPSA) is 580 Å². The predicted octanol–water partition coefficient (Wildman–Crippen LogP) is -12.6. The summed E-state index contributed by atoms with van der Waals surface area (Å²) in [5.74, 6) is 0. The molecular weight excluding hydrogens is 1140 g/mol. The van der Waals surface area contributed by atoms with Crippen molar-refractivity contribution in [2.45, 2.75) is 197 Å². The molecule has 31 atom stereocenters. The molecule has 20 N–H and O–H groups in total. The lowest BCUT2D eigenvalue weighted by Gasteiger charge is -2.49. The van der Waals surface area contributed by atoms with Gasteiger partial charge in [-0.1, -0.05) is 5.16 Å². The number of nitrogens with zero attached hydrogens (tertiary/aromatic N) is 2. The Morgan fingerprint density at radius 3 is 1.37 bits per heavy atom. The first-order valence-corrected chi connectivity index (χ1v) is 25.9. The third kappa shape index (κ3) is 16.1. The van der Waals surface area contributed by atoms with E-state index >= 15 is 0 Å². The van der Waals surface area contributed by atoms with Gasteiger partial charge in [0.25, 0.3) is 5.69 Å². The van der Waals surface area contributed by atoms with Crippen molar-refractivity contribution in [2.24, 2.45) is 5.16 Å². The van der Waals surface area contributed by atoms with Crippen molar-refractivity contribution in [1.29, 1.82) is 0 Å². The van der Waals surface area contributed by atoms with Crippen LogP contribution in [-0.2, 0) is 68.3 Å². The Morgan fingerprint density at radius 2 is 0.928 bits per heavy atom. The lowest BCUT2D eigenvalue weighted by molar-refractivity contribution is -0.389. The SMILES string of the molecule is O=[N+]([O-])c1ccc(CO/N=C/[C@H](O)[C@@H](O)[C@H](O[C@@H]2O[C@H](CO[C@H]3OC[C@@H](O)[C@H](O)[C@H]3O)[C@@H](O[C@@H]3O[C@H](CO[C@H]4OC[C@@H](O)[C@H](O)[C@H]4O)[C@@H](O[C@@H]4O[C@H](CO[C@H]5OC[C@@H](O)[C@H](O)[C@H]5O)[C@@H](O)[C@H](O)[C@H]4O)[C@H](O)[C@H]3O)[C@H](O)[C@H]2O)[C@H](O)CO)cc1. The van der Waals surface area contributed by atoms with Gasteiger partial charge in [0.15, 0.2) is 37.7 Å². The average Bonchev–Trinajstić information content (AvgIpc) is 3.57. The molecule has 0 aromatic heterocycles. The van der Waals surface area contributed by atoms with Crippen molar-refractivity contribution in [3.63, 3.8) is 0 Å². The number of oxime groups is 1. The van der Waals surface area contributed by atoms with E-state index in [1.165, 1.54) is 24.3 Å². The van der Waals surface area contributed by atoms with Gasteiger partial charge in [0.1, 0.15) is 159 Å². The summed E-state index contributed by atoms with van der Waals surface area (Å²) < 4.78 is 67.7. The Balaban J connectivity index is 1.10. The van der Waals surface area contributed by atoms with Gasteiger partial charge in [-0.3, -0.25) is 10.1 Å². The normalized spacial score (nSPS) is 44.2. The second-order valence-corrected chi connectivity index (χ2v) is 20.3. The van der Waals surface area contributed by atoms with Crippen LogP contribution in [0, 0.1) is 10.1 Å². The molecule has 0 spiro atoms. The summed E-state index contributed by atoms with van der Waals surface area (Å²) >= 11 is 0. The summed E-state index contributed by atoms with van der Waals surface area (Å²) in [5.41, 5.74) is 0.189. The fourth-order valence-corrected chi connectivity index (χ4v) is 9.33. The molecule has 6 fully saturated rings. The summed E-state index contributed by atoms with van der Waals surface area (Å²) in [5, 5.41) is 229. The van der Waals surface area contributed by atoms with E-state index in [0.29, 0.717) is 11.8 Å². The molecule has 6 saturated heterocycles. The van der Waals surface area contributed by atoms with Crippen LogP contribution in [-0.4, -0.2) is 350 Å². The number of ether oxygens (including phenoxy) is 12. The Labute approximate surface area is 468 Å². The van der Waals surface area contributed by atoms with Gasteiger partial charge in [-0.05, 0) is 17.7 Å². The number of rotatable bonds is 24. The van der Waals surface area contributed by atoms with E-state index in [1.807, 2.05) is 0 Å². The molecule has 0 radical (unpaired) electrons. The van der Waals surface area contributed by atoms with Gasteiger partial charge < -0.3 is 164 Å². The average molecular weight is 1210 g/mol. The van der Waals surface area contributed by atoms with Gasteiger partial charge in [-0.15, -0.1) is 0 Å². The van der Waals surface area contributed by atoms with Gasteiger partial charge in [0.05, 0.1) is 57.4 Å². The Morgan fingerprint density at radius 1 is 0.530 bits per heavy atom. The number of nitro groups is 1. The van der Waals surface area contributed by atoms with E-state index in [9.17, 15) is 112 Å². The summed E-state index contributed by atoms with van der Waals surface area (Å²) in [6, 6.07) is 5.08. The number of benzene rings is 1. The Kier molecular flexibility index (Phi) is 24.5. The van der Waals surface area contributed by atoms with Gasteiger partial charge in [-0.25, -0.2) is 0 Å². The van der Waals surface area contributed by atoms with Crippen LogP contribution in [0.3, 0.4) is 0 Å². The number of nitro benzene ring substituents is 1. The van der Waals surface area contributed by atoms with Gasteiger partial charge in [-0.2, -0.15) is 0 Å². The molecule has 0 bridgehead atoms. The summed E-state index contributed by atoms with van der Waals surface area (Å²) in [6.07, 6.45) is -60.5. The molecule has 1 aromatic carbocycles. The molecule has 0 amide bonds. The second-order valence-electron chi connectivity index (χ2n) is 20.3. The molecule has 37 nitrogen and oxygen atoms in total. The quantitative estimate of drug-likeness (QED) is 0.0260. The fourth-order valence-electron chi connectivity index (χ4n) is 9.33. The van der Waals surface area contributed by atoms with E-state index in [-0.39, 0.29) is 12.3 Å². The molecule has 0 saturated carbocycles. The largest absolute Gasteiger partial charge is 0.394 e. The molecule has 476 valence electrons.